The number of carbonyl (C=O) groups excluding carboxylic acids is 1. The van der Waals surface area contributed by atoms with Crippen LogP contribution in [-0.4, -0.2) is 5.91 Å². The van der Waals surface area contributed by atoms with Gasteiger partial charge in [0.15, 0.2) is 0 Å². The fourth-order valence-electron chi connectivity index (χ4n) is 1.74. The monoisotopic (exact) mass is 243 g/mol. The van der Waals surface area contributed by atoms with Crippen LogP contribution in [0.2, 0.25) is 0 Å². The maximum atomic E-state index is 13.0. The van der Waals surface area contributed by atoms with Gasteiger partial charge in [0.05, 0.1) is 6.42 Å². The first-order chi connectivity index (χ1) is 8.65. The van der Waals surface area contributed by atoms with E-state index in [0.717, 1.165) is 11.3 Å². The van der Waals surface area contributed by atoms with Crippen LogP contribution in [0.1, 0.15) is 11.1 Å². The second-order valence-electron chi connectivity index (χ2n) is 4.17. The van der Waals surface area contributed by atoms with Crippen molar-refractivity contribution in [3.8, 4) is 0 Å². The van der Waals surface area contributed by atoms with E-state index in [1.54, 1.807) is 12.1 Å². The van der Waals surface area contributed by atoms with Crippen LogP contribution in [0.3, 0.4) is 0 Å². The van der Waals surface area contributed by atoms with Gasteiger partial charge in [-0.1, -0.05) is 30.3 Å². The molecule has 1 amide bonds. The first kappa shape index (κ1) is 12.3. The van der Waals surface area contributed by atoms with E-state index in [0.29, 0.717) is 5.56 Å². The quantitative estimate of drug-likeness (QED) is 0.880. The standard InChI is InChI=1S/C15H14FNO/c1-11-5-2-3-8-14(11)17-15(18)10-12-6-4-7-13(16)9-12/h2-9H,10H2,1H3,(H,17,18). The SMILES string of the molecule is Cc1ccccc1NC(=O)Cc1cccc(F)c1. The van der Waals surface area contributed by atoms with Crippen molar-refractivity contribution < 1.29 is 9.18 Å². The van der Waals surface area contributed by atoms with Gasteiger partial charge in [-0.05, 0) is 36.2 Å². The summed E-state index contributed by atoms with van der Waals surface area (Å²) in [5.74, 6) is -0.467. The Morgan fingerprint density at radius 1 is 1.17 bits per heavy atom. The lowest BCUT2D eigenvalue weighted by Gasteiger charge is -2.08. The summed E-state index contributed by atoms with van der Waals surface area (Å²) in [5.41, 5.74) is 2.46. The molecule has 0 saturated carbocycles. The van der Waals surface area contributed by atoms with Gasteiger partial charge in [-0.15, -0.1) is 0 Å². The van der Waals surface area contributed by atoms with Gasteiger partial charge in [0.1, 0.15) is 5.82 Å². The molecule has 0 aliphatic heterocycles. The fourth-order valence-corrected chi connectivity index (χ4v) is 1.74. The molecule has 92 valence electrons. The lowest BCUT2D eigenvalue weighted by Crippen LogP contribution is -2.15. The molecule has 0 atom stereocenters. The van der Waals surface area contributed by atoms with Crippen LogP contribution in [0.4, 0.5) is 10.1 Å². The highest BCUT2D eigenvalue weighted by molar-refractivity contribution is 5.92. The molecule has 0 saturated heterocycles. The summed E-state index contributed by atoms with van der Waals surface area (Å²) in [6.07, 6.45) is 0.173. The molecule has 18 heavy (non-hydrogen) atoms. The van der Waals surface area contributed by atoms with E-state index in [-0.39, 0.29) is 18.1 Å². The fraction of sp³-hybridized carbons (Fsp3) is 0.133. The van der Waals surface area contributed by atoms with Crippen molar-refractivity contribution >= 4 is 11.6 Å². The minimum atomic E-state index is -0.323. The molecule has 2 nitrogen and oxygen atoms in total. The molecular formula is C15H14FNO. The van der Waals surface area contributed by atoms with Crippen molar-refractivity contribution in [2.75, 3.05) is 5.32 Å². The number of halogens is 1. The van der Waals surface area contributed by atoms with Gasteiger partial charge in [0.2, 0.25) is 5.91 Å². The molecule has 0 heterocycles. The third kappa shape index (κ3) is 3.17. The number of anilines is 1. The molecule has 0 fully saturated rings. The number of hydrogen-bond acceptors (Lipinski definition) is 1. The highest BCUT2D eigenvalue weighted by Gasteiger charge is 2.06. The number of para-hydroxylation sites is 1. The van der Waals surface area contributed by atoms with Crippen molar-refractivity contribution in [1.82, 2.24) is 0 Å². The second-order valence-corrected chi connectivity index (χ2v) is 4.17. The number of hydrogen-bond donors (Lipinski definition) is 1. The van der Waals surface area contributed by atoms with Crippen LogP contribution < -0.4 is 5.32 Å². The average molecular weight is 243 g/mol. The van der Waals surface area contributed by atoms with Gasteiger partial charge in [-0.3, -0.25) is 4.79 Å². The molecule has 0 radical (unpaired) electrons. The number of aryl methyl sites for hydroxylation is 1. The highest BCUT2D eigenvalue weighted by Crippen LogP contribution is 2.14. The van der Waals surface area contributed by atoms with Crippen LogP contribution >= 0.6 is 0 Å². The van der Waals surface area contributed by atoms with E-state index >= 15 is 0 Å². The van der Waals surface area contributed by atoms with Crippen molar-refractivity contribution in [1.29, 1.82) is 0 Å². The molecule has 0 bridgehead atoms. The average Bonchev–Trinajstić information content (AvgIpc) is 2.32. The smallest absolute Gasteiger partial charge is 0.228 e. The predicted octanol–water partition coefficient (Wildman–Crippen LogP) is 3.32. The Kier molecular flexibility index (Phi) is 3.72. The lowest BCUT2D eigenvalue weighted by atomic mass is 10.1. The van der Waals surface area contributed by atoms with Gasteiger partial charge >= 0.3 is 0 Å². The van der Waals surface area contributed by atoms with Gasteiger partial charge in [0.25, 0.3) is 0 Å². The summed E-state index contributed by atoms with van der Waals surface area (Å²) in [5, 5.41) is 2.82. The predicted molar refractivity (Wildman–Crippen MR) is 69.9 cm³/mol. The Labute approximate surface area is 105 Å². The second kappa shape index (κ2) is 5.45. The van der Waals surface area contributed by atoms with Gasteiger partial charge in [-0.2, -0.15) is 0 Å². The van der Waals surface area contributed by atoms with Gasteiger partial charge in [-0.25, -0.2) is 4.39 Å². The Balaban J connectivity index is 2.03. The zero-order valence-corrected chi connectivity index (χ0v) is 10.1. The molecule has 0 aliphatic carbocycles. The molecule has 0 aliphatic rings. The van der Waals surface area contributed by atoms with Gasteiger partial charge in [0, 0.05) is 5.69 Å². The molecule has 0 unspecified atom stereocenters. The van der Waals surface area contributed by atoms with Gasteiger partial charge < -0.3 is 5.32 Å². The maximum absolute atomic E-state index is 13.0. The van der Waals surface area contributed by atoms with E-state index in [1.165, 1.54) is 12.1 Å². The zero-order chi connectivity index (χ0) is 13.0. The molecule has 2 rings (SSSR count). The van der Waals surface area contributed by atoms with Crippen LogP contribution in [-0.2, 0) is 11.2 Å². The Bertz CT molecular complexity index is 566. The van der Waals surface area contributed by atoms with Crippen LogP contribution in [0.25, 0.3) is 0 Å². The Morgan fingerprint density at radius 3 is 2.67 bits per heavy atom. The zero-order valence-electron chi connectivity index (χ0n) is 10.1. The summed E-state index contributed by atoms with van der Waals surface area (Å²) >= 11 is 0. The summed E-state index contributed by atoms with van der Waals surface area (Å²) in [6, 6.07) is 13.6. The first-order valence-electron chi connectivity index (χ1n) is 5.75. The Morgan fingerprint density at radius 2 is 1.94 bits per heavy atom. The minimum Gasteiger partial charge on any atom is -0.326 e. The maximum Gasteiger partial charge on any atom is 0.228 e. The van der Waals surface area contributed by atoms with E-state index in [9.17, 15) is 9.18 Å². The third-order valence-corrected chi connectivity index (χ3v) is 2.67. The number of nitrogens with one attached hydrogen (secondary N) is 1. The van der Waals surface area contributed by atoms with E-state index in [4.69, 9.17) is 0 Å². The van der Waals surface area contributed by atoms with Crippen LogP contribution in [0, 0.1) is 12.7 Å². The number of benzene rings is 2. The molecular weight excluding hydrogens is 229 g/mol. The van der Waals surface area contributed by atoms with Crippen LogP contribution in [0.5, 0.6) is 0 Å². The van der Waals surface area contributed by atoms with Crippen molar-refractivity contribution in [3.05, 3.63) is 65.5 Å². The first-order valence-corrected chi connectivity index (χ1v) is 5.75. The van der Waals surface area contributed by atoms with Crippen molar-refractivity contribution in [2.24, 2.45) is 0 Å². The molecule has 2 aromatic rings. The molecule has 2 aromatic carbocycles. The minimum absolute atomic E-state index is 0.144. The molecule has 0 spiro atoms. The topological polar surface area (TPSA) is 29.1 Å². The lowest BCUT2D eigenvalue weighted by molar-refractivity contribution is -0.115. The van der Waals surface area contributed by atoms with Crippen LogP contribution in [0.15, 0.2) is 48.5 Å². The van der Waals surface area contributed by atoms with Crippen molar-refractivity contribution in [3.63, 3.8) is 0 Å². The van der Waals surface area contributed by atoms with E-state index < -0.39 is 0 Å². The molecule has 1 N–H and O–H groups in total. The highest BCUT2D eigenvalue weighted by atomic mass is 19.1. The summed E-state index contributed by atoms with van der Waals surface area (Å²) in [6.45, 7) is 1.93. The number of carbonyl (C=O) groups is 1. The summed E-state index contributed by atoms with van der Waals surface area (Å²) in [4.78, 5) is 11.8. The third-order valence-electron chi connectivity index (χ3n) is 2.67. The normalized spacial score (nSPS) is 10.1. The Hall–Kier alpha value is -2.16. The number of rotatable bonds is 3. The summed E-state index contributed by atoms with van der Waals surface area (Å²) < 4.78 is 13.0. The van der Waals surface area contributed by atoms with E-state index in [1.807, 2.05) is 31.2 Å². The molecule has 0 aromatic heterocycles. The largest absolute Gasteiger partial charge is 0.326 e. The van der Waals surface area contributed by atoms with E-state index in [2.05, 4.69) is 5.32 Å². The molecule has 3 heteroatoms. The number of amides is 1. The van der Waals surface area contributed by atoms with Crippen molar-refractivity contribution in [2.45, 2.75) is 13.3 Å². The summed E-state index contributed by atoms with van der Waals surface area (Å²) in [7, 11) is 0.